The van der Waals surface area contributed by atoms with Gasteiger partial charge in [0.1, 0.15) is 12.4 Å². The van der Waals surface area contributed by atoms with E-state index in [0.29, 0.717) is 38.0 Å². The summed E-state index contributed by atoms with van der Waals surface area (Å²) in [5.41, 5.74) is 2.04. The first-order valence-electron chi connectivity index (χ1n) is 9.11. The minimum absolute atomic E-state index is 0.328. The highest BCUT2D eigenvalue weighted by molar-refractivity contribution is 8.19. The minimum atomic E-state index is -0.400. The van der Waals surface area contributed by atoms with E-state index in [2.05, 4.69) is 0 Å². The fraction of sp³-hybridized carbons (Fsp3) is 0.0435. The first kappa shape index (κ1) is 21.8. The lowest BCUT2D eigenvalue weighted by Gasteiger charge is -2.13. The second-order valence-electron chi connectivity index (χ2n) is 6.57. The molecule has 0 radical (unpaired) electrons. The normalized spacial score (nSPS) is 15.1. The van der Waals surface area contributed by atoms with E-state index in [0.717, 1.165) is 27.8 Å². The highest BCUT2D eigenvalue weighted by atomic mass is 35.5. The number of hydrogen-bond acceptors (Lipinski definition) is 4. The van der Waals surface area contributed by atoms with Crippen LogP contribution in [0.15, 0.2) is 71.6 Å². The zero-order valence-electron chi connectivity index (χ0n) is 15.8. The van der Waals surface area contributed by atoms with Gasteiger partial charge in [-0.3, -0.25) is 9.59 Å². The standard InChI is InChI=1S/C23H14Cl3NO3S/c24-17-10-7-15(11-19(17)26)13-30-16-8-5-14(6-9-16)12-21-22(28)27(23(29)31-21)20-4-2-1-3-18(20)25/h1-12H,13H2/b21-12-. The number of amides is 2. The molecule has 2 amide bonds. The maximum absolute atomic E-state index is 12.8. The average Bonchev–Trinajstić information content (AvgIpc) is 3.03. The molecule has 0 unspecified atom stereocenters. The van der Waals surface area contributed by atoms with Crippen molar-refractivity contribution >= 4 is 69.5 Å². The van der Waals surface area contributed by atoms with Crippen LogP contribution in [0.4, 0.5) is 10.5 Å². The van der Waals surface area contributed by atoms with Gasteiger partial charge in [0, 0.05) is 0 Å². The van der Waals surface area contributed by atoms with Crippen LogP contribution < -0.4 is 9.64 Å². The third-order valence-electron chi connectivity index (χ3n) is 4.45. The number of thioether (sulfide) groups is 1. The molecule has 156 valence electrons. The molecular formula is C23H14Cl3NO3S. The molecule has 3 aromatic rings. The first-order valence-corrected chi connectivity index (χ1v) is 11.1. The van der Waals surface area contributed by atoms with Gasteiger partial charge >= 0.3 is 0 Å². The number of carbonyl (C=O) groups excluding carboxylic acids is 2. The molecule has 4 nitrogen and oxygen atoms in total. The molecule has 1 aliphatic heterocycles. The maximum atomic E-state index is 12.8. The van der Waals surface area contributed by atoms with Gasteiger partial charge in [0.2, 0.25) is 0 Å². The Morgan fingerprint density at radius 1 is 0.871 bits per heavy atom. The van der Waals surface area contributed by atoms with Gasteiger partial charge in [0.05, 0.1) is 25.7 Å². The van der Waals surface area contributed by atoms with Gasteiger partial charge in [-0.15, -0.1) is 0 Å². The van der Waals surface area contributed by atoms with E-state index in [1.165, 1.54) is 0 Å². The van der Waals surface area contributed by atoms with Gasteiger partial charge in [-0.1, -0.05) is 65.1 Å². The Bertz CT molecular complexity index is 1190. The van der Waals surface area contributed by atoms with E-state index in [1.807, 2.05) is 18.2 Å². The smallest absolute Gasteiger partial charge is 0.298 e. The molecule has 0 bridgehead atoms. The number of benzene rings is 3. The summed E-state index contributed by atoms with van der Waals surface area (Å²) in [6, 6.07) is 19.3. The predicted molar refractivity (Wildman–Crippen MR) is 127 cm³/mol. The van der Waals surface area contributed by atoms with Crippen molar-refractivity contribution in [2.24, 2.45) is 0 Å². The van der Waals surface area contributed by atoms with Crippen LogP contribution in [0.1, 0.15) is 11.1 Å². The molecule has 3 aromatic carbocycles. The Balaban J connectivity index is 1.45. The molecule has 4 rings (SSSR count). The second-order valence-corrected chi connectivity index (χ2v) is 8.79. The predicted octanol–water partition coefficient (Wildman–Crippen LogP) is 7.47. The molecule has 8 heteroatoms. The van der Waals surface area contributed by atoms with Crippen LogP contribution in [0, 0.1) is 0 Å². The van der Waals surface area contributed by atoms with Crippen molar-refractivity contribution in [2.45, 2.75) is 6.61 Å². The molecule has 1 heterocycles. The zero-order valence-corrected chi connectivity index (χ0v) is 18.9. The van der Waals surface area contributed by atoms with E-state index >= 15 is 0 Å². The Labute approximate surface area is 198 Å². The summed E-state index contributed by atoms with van der Waals surface area (Å²) < 4.78 is 5.77. The van der Waals surface area contributed by atoms with E-state index in [9.17, 15) is 9.59 Å². The van der Waals surface area contributed by atoms with Gasteiger partial charge in [0.25, 0.3) is 11.1 Å². The summed E-state index contributed by atoms with van der Waals surface area (Å²) in [6.45, 7) is 0.340. The van der Waals surface area contributed by atoms with Gasteiger partial charge in [-0.25, -0.2) is 4.90 Å². The Morgan fingerprint density at radius 2 is 1.61 bits per heavy atom. The molecule has 1 aliphatic rings. The molecule has 1 fully saturated rings. The molecule has 1 saturated heterocycles. The Hall–Kier alpha value is -2.44. The lowest BCUT2D eigenvalue weighted by atomic mass is 10.2. The fourth-order valence-electron chi connectivity index (χ4n) is 2.92. The van der Waals surface area contributed by atoms with Crippen molar-refractivity contribution in [3.8, 4) is 5.75 Å². The number of nitrogens with zero attached hydrogens (tertiary/aromatic N) is 1. The zero-order chi connectivity index (χ0) is 22.0. The van der Waals surface area contributed by atoms with Crippen LogP contribution in [0.25, 0.3) is 6.08 Å². The Morgan fingerprint density at radius 3 is 2.32 bits per heavy atom. The van der Waals surface area contributed by atoms with Crippen LogP contribution in [-0.2, 0) is 11.4 Å². The van der Waals surface area contributed by atoms with Crippen molar-refractivity contribution in [3.05, 3.63) is 97.8 Å². The van der Waals surface area contributed by atoms with Crippen LogP contribution in [0.3, 0.4) is 0 Å². The van der Waals surface area contributed by atoms with Crippen LogP contribution in [0.2, 0.25) is 15.1 Å². The van der Waals surface area contributed by atoms with Gasteiger partial charge in [-0.2, -0.15) is 0 Å². The molecule has 0 spiro atoms. The topological polar surface area (TPSA) is 46.6 Å². The molecular weight excluding hydrogens is 477 g/mol. The molecule has 0 aliphatic carbocycles. The summed E-state index contributed by atoms with van der Waals surface area (Å²) in [5.74, 6) is 0.260. The summed E-state index contributed by atoms with van der Waals surface area (Å²) >= 11 is 19.0. The van der Waals surface area contributed by atoms with Crippen molar-refractivity contribution in [1.29, 1.82) is 0 Å². The highest BCUT2D eigenvalue weighted by Gasteiger charge is 2.37. The van der Waals surface area contributed by atoms with E-state index < -0.39 is 5.91 Å². The minimum Gasteiger partial charge on any atom is -0.489 e. The third-order valence-corrected chi connectivity index (χ3v) is 6.38. The summed E-state index contributed by atoms with van der Waals surface area (Å²) in [4.78, 5) is 26.6. The van der Waals surface area contributed by atoms with Gasteiger partial charge < -0.3 is 4.74 Å². The summed E-state index contributed by atoms with van der Waals surface area (Å²) in [7, 11) is 0. The van der Waals surface area contributed by atoms with Gasteiger partial charge in [-0.05, 0) is 65.4 Å². The quantitative estimate of drug-likeness (QED) is 0.348. The van der Waals surface area contributed by atoms with Gasteiger partial charge in [0.15, 0.2) is 0 Å². The number of hydrogen-bond donors (Lipinski definition) is 0. The molecule has 0 saturated carbocycles. The molecule has 0 N–H and O–H groups in total. The van der Waals surface area contributed by atoms with Crippen molar-refractivity contribution in [2.75, 3.05) is 4.90 Å². The highest BCUT2D eigenvalue weighted by Crippen LogP contribution is 2.38. The summed E-state index contributed by atoms with van der Waals surface area (Å²) in [5, 5.41) is 0.929. The van der Waals surface area contributed by atoms with E-state index in [1.54, 1.807) is 54.6 Å². The molecule has 0 aromatic heterocycles. The number of halogens is 3. The van der Waals surface area contributed by atoms with Crippen LogP contribution in [0.5, 0.6) is 5.75 Å². The first-order chi connectivity index (χ1) is 14.9. The van der Waals surface area contributed by atoms with Crippen molar-refractivity contribution in [1.82, 2.24) is 0 Å². The van der Waals surface area contributed by atoms with Crippen molar-refractivity contribution in [3.63, 3.8) is 0 Å². The second kappa shape index (κ2) is 9.37. The summed E-state index contributed by atoms with van der Waals surface area (Å²) in [6.07, 6.45) is 1.67. The number of para-hydroxylation sites is 1. The van der Waals surface area contributed by atoms with E-state index in [4.69, 9.17) is 39.5 Å². The monoisotopic (exact) mass is 489 g/mol. The molecule has 0 atom stereocenters. The molecule has 31 heavy (non-hydrogen) atoms. The lowest BCUT2D eigenvalue weighted by Crippen LogP contribution is -2.27. The number of imide groups is 1. The largest absolute Gasteiger partial charge is 0.489 e. The number of anilines is 1. The van der Waals surface area contributed by atoms with E-state index in [-0.39, 0.29) is 5.24 Å². The number of rotatable bonds is 5. The number of ether oxygens (including phenoxy) is 1. The van der Waals surface area contributed by atoms with Crippen molar-refractivity contribution < 1.29 is 14.3 Å². The van der Waals surface area contributed by atoms with Crippen LogP contribution in [-0.4, -0.2) is 11.1 Å². The lowest BCUT2D eigenvalue weighted by molar-refractivity contribution is -0.113. The number of carbonyl (C=O) groups is 2. The maximum Gasteiger partial charge on any atom is 0.298 e. The fourth-order valence-corrected chi connectivity index (χ4v) is 4.29. The average molecular weight is 491 g/mol. The Kier molecular flexibility index (Phi) is 6.58. The third kappa shape index (κ3) is 4.91. The SMILES string of the molecule is O=C1S/C(=C\c2ccc(OCc3ccc(Cl)c(Cl)c3)cc2)C(=O)N1c1ccccc1Cl. The van der Waals surface area contributed by atoms with Crippen LogP contribution >= 0.6 is 46.6 Å².